The highest BCUT2D eigenvalue weighted by Crippen LogP contribution is 2.37. The Morgan fingerprint density at radius 2 is 1.32 bits per heavy atom. The molecule has 0 aromatic carbocycles. The van der Waals surface area contributed by atoms with Gasteiger partial charge in [0.1, 0.15) is 6.10 Å². The first-order valence-electron chi connectivity index (χ1n) is 9.15. The molecule has 1 fully saturated rings. The van der Waals surface area contributed by atoms with Gasteiger partial charge in [0.15, 0.2) is 32.9 Å². The summed E-state index contributed by atoms with van der Waals surface area (Å²) >= 11 is 0. The van der Waals surface area contributed by atoms with Gasteiger partial charge in [-0.1, -0.05) is 20.8 Å². The van der Waals surface area contributed by atoms with Crippen molar-refractivity contribution in [2.24, 2.45) is 0 Å². The van der Waals surface area contributed by atoms with Crippen molar-refractivity contribution in [3.8, 4) is 0 Å². The molecule has 162 valence electrons. The molecule has 0 aromatic rings. The Bertz CT molecular complexity index is 584. The van der Waals surface area contributed by atoms with Crippen LogP contribution >= 0.6 is 0 Å². The van der Waals surface area contributed by atoms with E-state index in [2.05, 4.69) is 20.8 Å². The highest BCUT2D eigenvalue weighted by Gasteiger charge is 2.52. The lowest BCUT2D eigenvalue weighted by molar-refractivity contribution is -0.294. The van der Waals surface area contributed by atoms with Gasteiger partial charge in [-0.3, -0.25) is 14.4 Å². The average Bonchev–Trinajstić information content (AvgIpc) is 2.49. The van der Waals surface area contributed by atoms with Gasteiger partial charge in [0.2, 0.25) is 0 Å². The zero-order valence-corrected chi connectivity index (χ0v) is 18.8. The number of rotatable bonds is 6. The summed E-state index contributed by atoms with van der Waals surface area (Å²) in [6.45, 7) is 13.8. The molecule has 9 nitrogen and oxygen atoms in total. The second-order valence-corrected chi connectivity index (χ2v) is 13.2. The molecular formula is C18H32O9Si. The summed E-state index contributed by atoms with van der Waals surface area (Å²) < 4.78 is 27.3. The molecule has 0 aromatic heterocycles. The third-order valence-corrected chi connectivity index (χ3v) is 9.43. The molecule has 0 amide bonds. The van der Waals surface area contributed by atoms with Gasteiger partial charge in [0.25, 0.3) is 0 Å². The van der Waals surface area contributed by atoms with Gasteiger partial charge >= 0.3 is 17.9 Å². The Hall–Kier alpha value is -1.49. The smallest absolute Gasteiger partial charge is 0.303 e. The van der Waals surface area contributed by atoms with Gasteiger partial charge in [-0.2, -0.15) is 0 Å². The first kappa shape index (κ1) is 24.5. The van der Waals surface area contributed by atoms with Crippen LogP contribution in [-0.2, 0) is 37.8 Å². The molecule has 1 aliphatic rings. The van der Waals surface area contributed by atoms with E-state index in [1.807, 2.05) is 13.1 Å². The van der Waals surface area contributed by atoms with Crippen LogP contribution in [0, 0.1) is 0 Å². The maximum Gasteiger partial charge on any atom is 0.303 e. The summed E-state index contributed by atoms with van der Waals surface area (Å²) in [5.74, 6) is -2.03. The molecule has 1 N–H and O–H groups in total. The summed E-state index contributed by atoms with van der Waals surface area (Å²) in [4.78, 5) is 34.6. The topological polar surface area (TPSA) is 118 Å². The number of hydrogen-bond acceptors (Lipinski definition) is 9. The highest BCUT2D eigenvalue weighted by molar-refractivity contribution is 6.74. The van der Waals surface area contributed by atoms with Gasteiger partial charge in [-0.05, 0) is 18.1 Å². The van der Waals surface area contributed by atoms with Crippen LogP contribution in [0.5, 0.6) is 0 Å². The minimum atomic E-state index is -2.17. The lowest BCUT2D eigenvalue weighted by atomic mass is 9.98. The Morgan fingerprint density at radius 3 is 1.75 bits per heavy atom. The third-order valence-electron chi connectivity index (χ3n) is 4.93. The van der Waals surface area contributed by atoms with Gasteiger partial charge in [-0.15, -0.1) is 0 Å². The van der Waals surface area contributed by atoms with E-state index in [0.717, 1.165) is 6.92 Å². The lowest BCUT2D eigenvalue weighted by Crippen LogP contribution is -2.62. The molecule has 0 saturated carbocycles. The molecule has 28 heavy (non-hydrogen) atoms. The SMILES string of the molecule is CC(=O)O[C@@H]1[C@@H](OC(C)=O)[C@@H](O)O[C@H](CO[Si](C)(C)C(C)(C)C)[C@H]1OC(C)=O. The minimum absolute atomic E-state index is 0.00998. The molecule has 0 unspecified atom stereocenters. The molecule has 1 rings (SSSR count). The molecule has 0 spiro atoms. The highest BCUT2D eigenvalue weighted by atomic mass is 28.4. The maximum atomic E-state index is 11.6. The van der Waals surface area contributed by atoms with Crippen LogP contribution in [0.3, 0.4) is 0 Å². The minimum Gasteiger partial charge on any atom is -0.456 e. The number of aliphatic hydroxyl groups excluding tert-OH is 1. The van der Waals surface area contributed by atoms with E-state index < -0.39 is 56.9 Å². The van der Waals surface area contributed by atoms with E-state index in [4.69, 9.17) is 23.4 Å². The number of hydrogen-bond donors (Lipinski definition) is 1. The van der Waals surface area contributed by atoms with Crippen molar-refractivity contribution in [1.82, 2.24) is 0 Å². The van der Waals surface area contributed by atoms with Crippen molar-refractivity contribution in [2.75, 3.05) is 6.61 Å². The summed E-state index contributed by atoms with van der Waals surface area (Å²) in [5, 5.41) is 10.3. The second kappa shape index (κ2) is 9.34. The zero-order valence-electron chi connectivity index (χ0n) is 17.8. The first-order valence-corrected chi connectivity index (χ1v) is 12.1. The number of carbonyl (C=O) groups is 3. The van der Waals surface area contributed by atoms with E-state index in [-0.39, 0.29) is 11.6 Å². The van der Waals surface area contributed by atoms with Crippen molar-refractivity contribution in [1.29, 1.82) is 0 Å². The second-order valence-electron chi connectivity index (χ2n) is 8.36. The first-order chi connectivity index (χ1) is 12.7. The van der Waals surface area contributed by atoms with Crippen molar-refractivity contribution >= 4 is 26.2 Å². The Labute approximate surface area is 166 Å². The van der Waals surface area contributed by atoms with Gasteiger partial charge in [0.05, 0.1) is 6.61 Å². The largest absolute Gasteiger partial charge is 0.456 e. The van der Waals surface area contributed by atoms with Crippen LogP contribution in [0.1, 0.15) is 41.5 Å². The zero-order chi connectivity index (χ0) is 21.9. The number of carbonyl (C=O) groups excluding carboxylic acids is 3. The molecule has 5 atom stereocenters. The summed E-state index contributed by atoms with van der Waals surface area (Å²) in [7, 11) is -2.17. The van der Waals surface area contributed by atoms with Crippen LogP contribution in [0.2, 0.25) is 18.1 Å². The molecule has 0 bridgehead atoms. The average molecular weight is 421 g/mol. The number of esters is 3. The normalized spacial score (nSPS) is 28.4. The molecule has 0 radical (unpaired) electrons. The molecule has 0 aliphatic carbocycles. The van der Waals surface area contributed by atoms with Crippen molar-refractivity contribution in [2.45, 2.75) is 90.4 Å². The predicted molar refractivity (Wildman–Crippen MR) is 101 cm³/mol. The van der Waals surface area contributed by atoms with E-state index in [9.17, 15) is 19.5 Å². The van der Waals surface area contributed by atoms with Gasteiger partial charge in [0, 0.05) is 20.8 Å². The lowest BCUT2D eigenvalue weighted by Gasteiger charge is -2.44. The molecule has 10 heteroatoms. The van der Waals surface area contributed by atoms with Crippen molar-refractivity contribution in [3.05, 3.63) is 0 Å². The Balaban J connectivity index is 3.15. The van der Waals surface area contributed by atoms with Crippen molar-refractivity contribution in [3.63, 3.8) is 0 Å². The fourth-order valence-electron chi connectivity index (χ4n) is 2.51. The fourth-order valence-corrected chi connectivity index (χ4v) is 3.53. The fraction of sp³-hybridized carbons (Fsp3) is 0.833. The standard InChI is InChI=1S/C18H32O9Si/c1-10(19)24-14-13(9-23-28(7,8)18(4,5)6)27-17(22)16(26-12(3)21)15(14)25-11(2)20/h13-17,22H,9H2,1-8H3/t13-,14-,15+,16-,17+/m1/s1. The summed E-state index contributed by atoms with van der Waals surface area (Å²) in [6.07, 6.45) is -6.17. The van der Waals surface area contributed by atoms with Crippen LogP contribution < -0.4 is 0 Å². The maximum absolute atomic E-state index is 11.6. The summed E-state index contributed by atoms with van der Waals surface area (Å²) in [6, 6.07) is 0. The third kappa shape index (κ3) is 6.54. The van der Waals surface area contributed by atoms with E-state index in [1.54, 1.807) is 0 Å². The molecule has 1 aliphatic heterocycles. The number of aliphatic hydroxyl groups is 1. The molecule has 1 saturated heterocycles. The quantitative estimate of drug-likeness (QED) is 0.387. The molecular weight excluding hydrogens is 388 g/mol. The predicted octanol–water partition coefficient (Wildman–Crippen LogP) is 1.52. The van der Waals surface area contributed by atoms with Crippen LogP contribution in [0.25, 0.3) is 0 Å². The molecule has 1 heterocycles. The summed E-state index contributed by atoms with van der Waals surface area (Å²) in [5.41, 5.74) is 0. The van der Waals surface area contributed by atoms with E-state index >= 15 is 0 Å². The Morgan fingerprint density at radius 1 is 0.893 bits per heavy atom. The van der Waals surface area contributed by atoms with Crippen LogP contribution in [-0.4, -0.2) is 68.6 Å². The van der Waals surface area contributed by atoms with Gasteiger partial charge < -0.3 is 28.5 Å². The van der Waals surface area contributed by atoms with Crippen molar-refractivity contribution < 1.29 is 42.9 Å². The monoisotopic (exact) mass is 420 g/mol. The van der Waals surface area contributed by atoms with E-state index in [0.29, 0.717) is 0 Å². The Kier molecular flexibility index (Phi) is 8.18. The number of ether oxygens (including phenoxy) is 4. The van der Waals surface area contributed by atoms with E-state index in [1.165, 1.54) is 13.8 Å². The van der Waals surface area contributed by atoms with Gasteiger partial charge in [-0.25, -0.2) is 0 Å². The van der Waals surface area contributed by atoms with Crippen LogP contribution in [0.15, 0.2) is 0 Å². The van der Waals surface area contributed by atoms with Crippen LogP contribution in [0.4, 0.5) is 0 Å².